The zero-order valence-electron chi connectivity index (χ0n) is 46.9. The molecule has 6 nitrogen and oxygen atoms in total. The Hall–Kier alpha value is -11.1. The number of aromatic nitrogens is 3. The maximum absolute atomic E-state index is 2.74. The highest BCUT2D eigenvalue weighted by atomic mass is 15.2. The van der Waals surface area contributed by atoms with Crippen molar-refractivity contribution in [3.8, 4) is 17.1 Å². The van der Waals surface area contributed by atoms with Gasteiger partial charge in [-0.05, 0) is 140 Å². The lowest BCUT2D eigenvalue weighted by molar-refractivity contribution is 1.15. The average molecular weight is 1100 g/mol. The third-order valence-electron chi connectivity index (χ3n) is 20.7. The molecule has 0 atom stereocenters. The van der Waals surface area contributed by atoms with Crippen LogP contribution in [0.15, 0.2) is 273 Å². The fraction of sp³-hybridized carbons (Fsp3) is 0. The van der Waals surface area contributed by atoms with Crippen molar-refractivity contribution in [2.45, 2.75) is 0 Å². The predicted molar refractivity (Wildman–Crippen MR) is 367 cm³/mol. The minimum atomic E-state index is -0.0107. The topological polar surface area (TPSA) is 24.5 Å². The molecule has 0 unspecified atom stereocenters. The van der Waals surface area contributed by atoms with Gasteiger partial charge in [-0.3, -0.25) is 0 Å². The summed E-state index contributed by atoms with van der Waals surface area (Å²) in [7, 11) is 0. The van der Waals surface area contributed by atoms with E-state index in [-0.39, 0.29) is 20.1 Å². The Balaban J connectivity index is 0.998. The molecule has 396 valence electrons. The minimum absolute atomic E-state index is 0.00120. The van der Waals surface area contributed by atoms with E-state index < -0.39 is 0 Å². The Morgan fingerprint density at radius 1 is 0.184 bits per heavy atom. The Morgan fingerprint density at radius 3 is 1.00 bits per heavy atom. The molecule has 6 aliphatic heterocycles. The van der Waals surface area contributed by atoms with Crippen LogP contribution in [0.2, 0.25) is 0 Å². The Kier molecular flexibility index (Phi) is 8.32. The third-order valence-corrected chi connectivity index (χ3v) is 20.7. The average Bonchev–Trinajstić information content (AvgIpc) is 1.51. The monoisotopic (exact) mass is 1100 g/mol. The summed E-state index contributed by atoms with van der Waals surface area (Å²) in [6.45, 7) is -0.0158. The number of fused-ring (bicyclic) bond motifs is 26. The molecule has 0 amide bonds. The number of hydrogen-bond donors (Lipinski definition) is 0. The first-order valence-electron chi connectivity index (χ1n) is 30.6. The Labute approximate surface area is 501 Å². The molecule has 6 aliphatic rings. The van der Waals surface area contributed by atoms with Gasteiger partial charge in [0.2, 0.25) is 0 Å². The van der Waals surface area contributed by atoms with Gasteiger partial charge in [-0.25, -0.2) is 0 Å². The first-order chi connectivity index (χ1) is 43.3. The van der Waals surface area contributed by atoms with Gasteiger partial charge in [-0.15, -0.1) is 0 Å². The highest BCUT2D eigenvalue weighted by Crippen LogP contribution is 2.54. The van der Waals surface area contributed by atoms with Gasteiger partial charge in [0, 0.05) is 106 Å². The van der Waals surface area contributed by atoms with E-state index in [1.54, 1.807) is 0 Å². The zero-order valence-corrected chi connectivity index (χ0v) is 46.9. The van der Waals surface area contributed by atoms with Gasteiger partial charge in [0.25, 0.3) is 20.1 Å². The summed E-state index contributed by atoms with van der Waals surface area (Å²) in [5.41, 5.74) is 34.0. The maximum Gasteiger partial charge on any atom is 0.252 e. The SMILES string of the molecule is c1ccc(N2c3ccccc3B3c4c2cccc4-n2c4c3cccc4c3c4c(c5ccc6c7c5n4-c4ccccc4B7c4ccccc4N6c4ccccc4)c4c5ccc6c7c5n(c4c32)-c2ccccc2B7c2ccccc2N6c2ccccc2)cc1. The maximum atomic E-state index is 2.74. The second-order valence-electron chi connectivity index (χ2n) is 24.5. The van der Waals surface area contributed by atoms with E-state index in [2.05, 4.69) is 301 Å². The van der Waals surface area contributed by atoms with Crippen LogP contribution in [0, 0.1) is 0 Å². The van der Waals surface area contributed by atoms with Crippen LogP contribution >= 0.6 is 0 Å². The molecule has 0 saturated heterocycles. The van der Waals surface area contributed by atoms with Gasteiger partial charge in [-0.1, -0.05) is 182 Å². The smallest absolute Gasteiger partial charge is 0.252 e. The molecule has 0 radical (unpaired) electrons. The standard InChI is InChI=1S/C78H45B3N6/c1-4-22-46(23-5-1)82-60-37-17-12-31-54(60)81-57-34-20-28-49-69-76-67(50-42-44-65-71-74(50)85(76)61-38-18-13-32-55(61)79(71)52-29-10-15-35-58(52)83(65)47-24-6-2-7-25-47)68-51-43-45-66-72-75(51)86(77(68)78(69)87(73(49)57)64-41-21-40-63(82)70(64)81)62-39-19-14-33-56(62)80(72)53-30-11-16-36-59(53)84(66)48-26-8-3-9-27-48/h1-45H. The van der Waals surface area contributed by atoms with Crippen molar-refractivity contribution in [3.05, 3.63) is 273 Å². The molecule has 0 saturated carbocycles. The van der Waals surface area contributed by atoms with Gasteiger partial charge in [0.05, 0.1) is 27.6 Å². The fourth-order valence-electron chi connectivity index (χ4n) is 17.8. The molecule has 3 aromatic heterocycles. The fourth-order valence-corrected chi connectivity index (χ4v) is 17.8. The molecule has 0 spiro atoms. The second kappa shape index (κ2) is 16.0. The van der Waals surface area contributed by atoms with Crippen LogP contribution in [-0.4, -0.2) is 33.8 Å². The van der Waals surface area contributed by atoms with Crippen molar-refractivity contribution in [1.29, 1.82) is 0 Å². The number of rotatable bonds is 3. The molecule has 0 N–H and O–H groups in total. The zero-order chi connectivity index (χ0) is 56.1. The second-order valence-corrected chi connectivity index (χ2v) is 24.5. The number of hydrogen-bond acceptors (Lipinski definition) is 3. The first-order valence-corrected chi connectivity index (χ1v) is 30.6. The van der Waals surface area contributed by atoms with Gasteiger partial charge in [-0.2, -0.15) is 0 Å². The van der Waals surface area contributed by atoms with Crippen LogP contribution in [0.4, 0.5) is 51.2 Å². The number of benzene rings is 13. The number of nitrogens with zero attached hydrogens (tertiary/aromatic N) is 6. The van der Waals surface area contributed by atoms with Crippen molar-refractivity contribution >= 4 is 186 Å². The van der Waals surface area contributed by atoms with Gasteiger partial charge >= 0.3 is 0 Å². The van der Waals surface area contributed by atoms with E-state index >= 15 is 0 Å². The van der Waals surface area contributed by atoms with Crippen LogP contribution in [-0.2, 0) is 0 Å². The highest BCUT2D eigenvalue weighted by molar-refractivity contribution is 7.02. The summed E-state index contributed by atoms with van der Waals surface area (Å²) in [5, 5.41) is 7.67. The van der Waals surface area contributed by atoms with Crippen LogP contribution in [0.25, 0.3) is 82.5 Å². The van der Waals surface area contributed by atoms with E-state index in [0.29, 0.717) is 0 Å². The molecule has 0 aliphatic carbocycles. The molecular formula is C78H45B3N6. The molecule has 13 aromatic carbocycles. The Morgan fingerprint density at radius 2 is 0.506 bits per heavy atom. The number of anilines is 9. The summed E-state index contributed by atoms with van der Waals surface area (Å²) >= 11 is 0. The van der Waals surface area contributed by atoms with E-state index in [0.717, 1.165) is 17.1 Å². The van der Waals surface area contributed by atoms with Crippen molar-refractivity contribution in [2.24, 2.45) is 0 Å². The summed E-state index contributed by atoms with van der Waals surface area (Å²) < 4.78 is 8.23. The van der Waals surface area contributed by atoms with Gasteiger partial charge in [0.15, 0.2) is 0 Å². The van der Waals surface area contributed by atoms with Crippen LogP contribution in [0.3, 0.4) is 0 Å². The molecule has 9 heterocycles. The van der Waals surface area contributed by atoms with E-state index in [9.17, 15) is 0 Å². The molecular weight excluding hydrogens is 1050 g/mol. The van der Waals surface area contributed by atoms with Crippen LogP contribution < -0.4 is 63.9 Å². The highest BCUT2D eigenvalue weighted by Gasteiger charge is 2.48. The molecule has 0 bridgehead atoms. The molecule has 16 aromatic rings. The summed E-state index contributed by atoms with van der Waals surface area (Å²) in [6.07, 6.45) is 0. The van der Waals surface area contributed by atoms with Crippen LogP contribution in [0.5, 0.6) is 0 Å². The Bertz CT molecular complexity index is 5830. The molecule has 87 heavy (non-hydrogen) atoms. The quantitative estimate of drug-likeness (QED) is 0.165. The molecule has 0 fully saturated rings. The van der Waals surface area contributed by atoms with Crippen molar-refractivity contribution in [3.63, 3.8) is 0 Å². The lowest BCUT2D eigenvalue weighted by Gasteiger charge is -2.40. The lowest BCUT2D eigenvalue weighted by atomic mass is 9.34. The van der Waals surface area contributed by atoms with E-state index in [4.69, 9.17) is 0 Å². The van der Waals surface area contributed by atoms with Gasteiger partial charge in [0.1, 0.15) is 0 Å². The molecule has 22 rings (SSSR count). The minimum Gasteiger partial charge on any atom is -0.311 e. The summed E-state index contributed by atoms with van der Waals surface area (Å²) in [4.78, 5) is 7.58. The summed E-state index contributed by atoms with van der Waals surface area (Å²) in [5.74, 6) is 0. The largest absolute Gasteiger partial charge is 0.311 e. The van der Waals surface area contributed by atoms with Crippen molar-refractivity contribution in [2.75, 3.05) is 14.7 Å². The van der Waals surface area contributed by atoms with E-state index in [1.807, 2.05) is 0 Å². The first kappa shape index (κ1) is 45.3. The lowest BCUT2D eigenvalue weighted by Crippen LogP contribution is -2.60. The van der Waals surface area contributed by atoms with Crippen molar-refractivity contribution < 1.29 is 0 Å². The third kappa shape index (κ3) is 5.30. The van der Waals surface area contributed by atoms with Crippen molar-refractivity contribution in [1.82, 2.24) is 13.7 Å². The normalized spacial score (nSPS) is 14.1. The van der Waals surface area contributed by atoms with Crippen LogP contribution in [0.1, 0.15) is 0 Å². The van der Waals surface area contributed by atoms with E-state index in [1.165, 1.54) is 166 Å². The predicted octanol–water partition coefficient (Wildman–Crippen LogP) is 12.8. The molecule has 9 heteroatoms. The van der Waals surface area contributed by atoms with Gasteiger partial charge < -0.3 is 28.4 Å². The number of para-hydroxylation sites is 9. The summed E-state index contributed by atoms with van der Waals surface area (Å²) in [6, 6.07) is 104.